The molecule has 0 aromatic heterocycles. The van der Waals surface area contributed by atoms with Gasteiger partial charge >= 0.3 is 12.1 Å². The Kier molecular flexibility index (Phi) is 7.21. The highest BCUT2D eigenvalue weighted by Crippen LogP contribution is 2.28. The minimum atomic E-state index is -0.816. The van der Waals surface area contributed by atoms with Gasteiger partial charge in [0.2, 0.25) is 0 Å². The van der Waals surface area contributed by atoms with E-state index in [2.05, 4.69) is 19.2 Å². The highest BCUT2D eigenvalue weighted by molar-refractivity contribution is 5.82. The summed E-state index contributed by atoms with van der Waals surface area (Å²) in [4.78, 5) is 24.2. The maximum absolute atomic E-state index is 12.3. The van der Waals surface area contributed by atoms with E-state index in [-0.39, 0.29) is 12.5 Å². The molecule has 0 saturated heterocycles. The molecule has 0 radical (unpaired) electrons. The van der Waals surface area contributed by atoms with Crippen molar-refractivity contribution < 1.29 is 19.1 Å². The Hall–Kier alpha value is -2.82. The molecule has 0 aliphatic rings. The fraction of sp³-hybridized carbons (Fsp3) is 0.333. The smallest absolute Gasteiger partial charge is 0.408 e. The molecule has 138 valence electrons. The van der Waals surface area contributed by atoms with Gasteiger partial charge in [-0.15, -0.1) is 0 Å². The van der Waals surface area contributed by atoms with Crippen molar-refractivity contribution in [3.05, 3.63) is 65.7 Å². The molecule has 5 heteroatoms. The highest BCUT2D eigenvalue weighted by Gasteiger charge is 2.20. The van der Waals surface area contributed by atoms with Gasteiger partial charge in [-0.2, -0.15) is 0 Å². The Labute approximate surface area is 154 Å². The Morgan fingerprint density at radius 2 is 1.65 bits per heavy atom. The van der Waals surface area contributed by atoms with Gasteiger partial charge in [0.1, 0.15) is 18.4 Å². The van der Waals surface area contributed by atoms with Crippen molar-refractivity contribution in [1.82, 2.24) is 5.32 Å². The quantitative estimate of drug-likeness (QED) is 0.590. The minimum absolute atomic E-state index is 0.144. The number of alkyl carbamates (subject to hydrolysis) is 1. The predicted octanol–water partition coefficient (Wildman–Crippen LogP) is 4.42. The van der Waals surface area contributed by atoms with E-state index in [0.29, 0.717) is 5.75 Å². The summed E-state index contributed by atoms with van der Waals surface area (Å²) in [6.07, 6.45) is 0.280. The third-order valence-electron chi connectivity index (χ3n) is 4.17. The lowest BCUT2D eigenvalue weighted by Gasteiger charge is -2.17. The molecule has 1 amide bonds. The van der Waals surface area contributed by atoms with Crippen LogP contribution >= 0.6 is 0 Å². The van der Waals surface area contributed by atoms with Gasteiger partial charge in [0.15, 0.2) is 0 Å². The van der Waals surface area contributed by atoms with E-state index in [1.54, 1.807) is 13.0 Å². The van der Waals surface area contributed by atoms with Crippen LogP contribution in [-0.4, -0.2) is 18.1 Å². The maximum atomic E-state index is 12.3. The van der Waals surface area contributed by atoms with Crippen LogP contribution in [0.5, 0.6) is 5.75 Å². The second-order valence-corrected chi connectivity index (χ2v) is 6.20. The molecule has 5 nitrogen and oxygen atoms in total. The zero-order chi connectivity index (χ0) is 18.9. The van der Waals surface area contributed by atoms with Gasteiger partial charge in [-0.3, -0.25) is 0 Å². The second-order valence-electron chi connectivity index (χ2n) is 6.20. The van der Waals surface area contributed by atoms with E-state index in [1.165, 1.54) is 0 Å². The second kappa shape index (κ2) is 9.61. The van der Waals surface area contributed by atoms with Crippen molar-refractivity contribution in [2.45, 2.75) is 45.8 Å². The molecule has 0 heterocycles. The average Bonchev–Trinajstić information content (AvgIpc) is 2.67. The molecular weight excluding hydrogens is 330 g/mol. The summed E-state index contributed by atoms with van der Waals surface area (Å²) in [5, 5.41) is 2.50. The fourth-order valence-electron chi connectivity index (χ4n) is 2.40. The number of rotatable bonds is 7. The first kappa shape index (κ1) is 19.5. The van der Waals surface area contributed by atoms with Gasteiger partial charge in [-0.1, -0.05) is 62.4 Å². The van der Waals surface area contributed by atoms with Gasteiger partial charge in [-0.05, 0) is 36.5 Å². The van der Waals surface area contributed by atoms with Crippen LogP contribution in [-0.2, 0) is 16.1 Å². The van der Waals surface area contributed by atoms with Crippen LogP contribution in [0.3, 0.4) is 0 Å². The number of esters is 1. The summed E-state index contributed by atoms with van der Waals surface area (Å²) < 4.78 is 10.6. The Balaban J connectivity index is 1.88. The molecule has 26 heavy (non-hydrogen) atoms. The summed E-state index contributed by atoms with van der Waals surface area (Å²) in [6.45, 7) is 5.87. The molecule has 2 unspecified atom stereocenters. The number of ether oxygens (including phenoxy) is 2. The lowest BCUT2D eigenvalue weighted by Crippen LogP contribution is -2.41. The molecule has 2 aromatic carbocycles. The lowest BCUT2D eigenvalue weighted by molar-refractivity contribution is -0.136. The number of nitrogens with one attached hydrogen (secondary N) is 1. The summed E-state index contributed by atoms with van der Waals surface area (Å²) in [5.74, 6) is 0.272. The van der Waals surface area contributed by atoms with E-state index >= 15 is 0 Å². The zero-order valence-electron chi connectivity index (χ0n) is 15.4. The lowest BCUT2D eigenvalue weighted by atomic mass is 9.98. The van der Waals surface area contributed by atoms with Gasteiger partial charge in [0, 0.05) is 0 Å². The molecule has 0 fully saturated rings. The molecule has 0 aliphatic carbocycles. The SMILES string of the molecule is CCC(C)c1ccccc1OC(=O)C(C)NC(=O)OCc1ccccc1. The first-order valence-electron chi connectivity index (χ1n) is 8.79. The standard InChI is InChI=1S/C21H25NO4/c1-4-15(2)18-12-8-9-13-19(18)26-20(23)16(3)22-21(24)25-14-17-10-6-5-7-11-17/h5-13,15-16H,4,14H2,1-3H3,(H,22,24). The number of carbonyl (C=O) groups excluding carboxylic acids is 2. The van der Waals surface area contributed by atoms with Crippen molar-refractivity contribution in [3.63, 3.8) is 0 Å². The van der Waals surface area contributed by atoms with Crippen molar-refractivity contribution in [2.75, 3.05) is 0 Å². The fourth-order valence-corrected chi connectivity index (χ4v) is 2.40. The minimum Gasteiger partial charge on any atom is -0.445 e. The zero-order valence-corrected chi connectivity index (χ0v) is 15.4. The van der Waals surface area contributed by atoms with Crippen LogP contribution in [0.15, 0.2) is 54.6 Å². The van der Waals surface area contributed by atoms with E-state index < -0.39 is 18.1 Å². The maximum Gasteiger partial charge on any atom is 0.408 e. The topological polar surface area (TPSA) is 64.6 Å². The molecule has 0 aliphatic heterocycles. The molecule has 0 saturated carbocycles. The largest absolute Gasteiger partial charge is 0.445 e. The number of hydrogen-bond donors (Lipinski definition) is 1. The molecule has 0 bridgehead atoms. The van der Waals surface area contributed by atoms with Crippen LogP contribution in [0.25, 0.3) is 0 Å². The molecule has 2 atom stereocenters. The first-order chi connectivity index (χ1) is 12.5. The third kappa shape index (κ3) is 5.62. The summed E-state index contributed by atoms with van der Waals surface area (Å²) >= 11 is 0. The van der Waals surface area contributed by atoms with Crippen molar-refractivity contribution >= 4 is 12.1 Å². The summed E-state index contributed by atoms with van der Waals surface area (Å²) in [7, 11) is 0. The number of carbonyl (C=O) groups is 2. The Morgan fingerprint density at radius 1 is 1.00 bits per heavy atom. The molecule has 2 rings (SSSR count). The first-order valence-corrected chi connectivity index (χ1v) is 8.79. The monoisotopic (exact) mass is 355 g/mol. The van der Waals surface area contributed by atoms with Crippen molar-refractivity contribution in [1.29, 1.82) is 0 Å². The molecular formula is C21H25NO4. The van der Waals surface area contributed by atoms with Gasteiger partial charge in [0.05, 0.1) is 0 Å². The average molecular weight is 355 g/mol. The van der Waals surface area contributed by atoms with Crippen LogP contribution in [0.4, 0.5) is 4.79 Å². The number of hydrogen-bond acceptors (Lipinski definition) is 4. The summed E-state index contributed by atoms with van der Waals surface area (Å²) in [5.41, 5.74) is 1.85. The third-order valence-corrected chi connectivity index (χ3v) is 4.17. The Bertz CT molecular complexity index is 730. The highest BCUT2D eigenvalue weighted by atomic mass is 16.6. The normalized spacial score (nSPS) is 12.7. The molecule has 0 spiro atoms. The van der Waals surface area contributed by atoms with Crippen LogP contribution in [0.2, 0.25) is 0 Å². The van der Waals surface area contributed by atoms with Crippen molar-refractivity contribution in [3.8, 4) is 5.75 Å². The van der Waals surface area contributed by atoms with Crippen LogP contribution in [0, 0.1) is 0 Å². The number of benzene rings is 2. The van der Waals surface area contributed by atoms with Crippen LogP contribution in [0.1, 0.15) is 44.2 Å². The molecule has 1 N–H and O–H groups in total. The molecule has 2 aromatic rings. The van der Waals surface area contributed by atoms with E-state index in [1.807, 2.05) is 48.5 Å². The van der Waals surface area contributed by atoms with Gasteiger partial charge < -0.3 is 14.8 Å². The van der Waals surface area contributed by atoms with E-state index in [0.717, 1.165) is 17.5 Å². The van der Waals surface area contributed by atoms with Gasteiger partial charge in [-0.25, -0.2) is 9.59 Å². The number of para-hydroxylation sites is 1. The van der Waals surface area contributed by atoms with Crippen LogP contribution < -0.4 is 10.1 Å². The van der Waals surface area contributed by atoms with Gasteiger partial charge in [0.25, 0.3) is 0 Å². The summed E-state index contributed by atoms with van der Waals surface area (Å²) in [6, 6.07) is 16.0. The van der Waals surface area contributed by atoms with E-state index in [9.17, 15) is 9.59 Å². The Morgan fingerprint density at radius 3 is 2.35 bits per heavy atom. The number of amides is 1. The van der Waals surface area contributed by atoms with E-state index in [4.69, 9.17) is 9.47 Å². The predicted molar refractivity (Wildman–Crippen MR) is 100 cm³/mol. The van der Waals surface area contributed by atoms with Crippen molar-refractivity contribution in [2.24, 2.45) is 0 Å².